The molecule has 1 fully saturated rings. The highest BCUT2D eigenvalue weighted by molar-refractivity contribution is 5.14. The van der Waals surface area contributed by atoms with Gasteiger partial charge in [-0.15, -0.1) is 0 Å². The number of hydrogen-bond donors (Lipinski definition) is 1. The Morgan fingerprint density at radius 1 is 1.33 bits per heavy atom. The fourth-order valence-corrected chi connectivity index (χ4v) is 2.80. The van der Waals surface area contributed by atoms with Crippen LogP contribution < -0.4 is 5.32 Å². The number of hydrogen-bond acceptors (Lipinski definition) is 4. The van der Waals surface area contributed by atoms with Crippen molar-refractivity contribution >= 4 is 0 Å². The van der Waals surface area contributed by atoms with E-state index in [4.69, 9.17) is 0 Å². The molecule has 1 N–H and O–H groups in total. The molecule has 0 spiro atoms. The van der Waals surface area contributed by atoms with E-state index >= 15 is 0 Å². The van der Waals surface area contributed by atoms with Crippen molar-refractivity contribution in [3.63, 3.8) is 0 Å². The van der Waals surface area contributed by atoms with Crippen LogP contribution in [0.4, 0.5) is 0 Å². The standard InChI is InChI=1S/C17H30N4/c1-14(2)18-11-15-5-6-16(19-12-15)13-21(4)17-7-9-20(3)10-8-17/h5-6,12,14,17-18H,7-11,13H2,1-4H3. The number of piperidine rings is 1. The summed E-state index contributed by atoms with van der Waals surface area (Å²) < 4.78 is 0. The molecule has 21 heavy (non-hydrogen) atoms. The second-order valence-electron chi connectivity index (χ2n) is 6.64. The van der Waals surface area contributed by atoms with Gasteiger partial charge in [-0.05, 0) is 51.7 Å². The lowest BCUT2D eigenvalue weighted by Gasteiger charge is -2.34. The van der Waals surface area contributed by atoms with Gasteiger partial charge in [-0.2, -0.15) is 0 Å². The molecule has 2 heterocycles. The smallest absolute Gasteiger partial charge is 0.0544 e. The van der Waals surface area contributed by atoms with Crippen LogP contribution in [-0.2, 0) is 13.1 Å². The van der Waals surface area contributed by atoms with Gasteiger partial charge in [0.2, 0.25) is 0 Å². The van der Waals surface area contributed by atoms with E-state index in [-0.39, 0.29) is 0 Å². The molecule has 0 aliphatic carbocycles. The zero-order valence-electron chi connectivity index (χ0n) is 14.0. The highest BCUT2D eigenvalue weighted by Crippen LogP contribution is 2.16. The first-order valence-electron chi connectivity index (χ1n) is 8.10. The maximum atomic E-state index is 4.61. The molecule has 1 saturated heterocycles. The Morgan fingerprint density at radius 2 is 2.05 bits per heavy atom. The number of nitrogens with one attached hydrogen (secondary N) is 1. The van der Waals surface area contributed by atoms with Gasteiger partial charge < -0.3 is 10.2 Å². The van der Waals surface area contributed by atoms with Gasteiger partial charge in [0, 0.05) is 31.4 Å². The van der Waals surface area contributed by atoms with Gasteiger partial charge in [0.1, 0.15) is 0 Å². The van der Waals surface area contributed by atoms with Crippen molar-refractivity contribution in [2.75, 3.05) is 27.2 Å². The Kier molecular flexibility index (Phi) is 6.15. The predicted octanol–water partition coefficient (Wildman–Crippen LogP) is 2.11. The fourth-order valence-electron chi connectivity index (χ4n) is 2.80. The first-order chi connectivity index (χ1) is 10.0. The molecule has 0 bridgehead atoms. The summed E-state index contributed by atoms with van der Waals surface area (Å²) in [6, 6.07) is 5.58. The van der Waals surface area contributed by atoms with Crippen molar-refractivity contribution in [1.82, 2.24) is 20.1 Å². The Bertz CT molecular complexity index is 407. The highest BCUT2D eigenvalue weighted by atomic mass is 15.2. The summed E-state index contributed by atoms with van der Waals surface area (Å²) >= 11 is 0. The van der Waals surface area contributed by atoms with Crippen molar-refractivity contribution in [1.29, 1.82) is 0 Å². The average molecular weight is 290 g/mol. The molecule has 4 nitrogen and oxygen atoms in total. The zero-order valence-corrected chi connectivity index (χ0v) is 14.0. The van der Waals surface area contributed by atoms with Crippen LogP contribution in [-0.4, -0.2) is 54.1 Å². The highest BCUT2D eigenvalue weighted by Gasteiger charge is 2.20. The van der Waals surface area contributed by atoms with Gasteiger partial charge in [0.15, 0.2) is 0 Å². The van der Waals surface area contributed by atoms with E-state index in [9.17, 15) is 0 Å². The van der Waals surface area contributed by atoms with E-state index in [1.165, 1.54) is 37.2 Å². The molecule has 0 unspecified atom stereocenters. The number of likely N-dealkylation sites (tertiary alicyclic amines) is 1. The van der Waals surface area contributed by atoms with Crippen LogP contribution in [0.2, 0.25) is 0 Å². The van der Waals surface area contributed by atoms with Gasteiger partial charge in [-0.25, -0.2) is 0 Å². The molecule has 1 aromatic rings. The zero-order chi connectivity index (χ0) is 15.2. The predicted molar refractivity (Wildman–Crippen MR) is 88.2 cm³/mol. The molecule has 4 heteroatoms. The molecule has 0 saturated carbocycles. The van der Waals surface area contributed by atoms with E-state index < -0.39 is 0 Å². The van der Waals surface area contributed by atoms with Crippen LogP contribution in [0.25, 0.3) is 0 Å². The van der Waals surface area contributed by atoms with Crippen molar-refractivity contribution in [3.05, 3.63) is 29.6 Å². The van der Waals surface area contributed by atoms with Gasteiger partial charge in [-0.3, -0.25) is 9.88 Å². The van der Waals surface area contributed by atoms with E-state index in [1.54, 1.807) is 0 Å². The molecular formula is C17H30N4. The summed E-state index contributed by atoms with van der Waals surface area (Å²) in [5, 5.41) is 3.42. The summed E-state index contributed by atoms with van der Waals surface area (Å²) in [5.74, 6) is 0. The molecule has 0 radical (unpaired) electrons. The fraction of sp³-hybridized carbons (Fsp3) is 0.706. The van der Waals surface area contributed by atoms with Crippen LogP contribution in [0, 0.1) is 0 Å². The lowest BCUT2D eigenvalue weighted by Crippen LogP contribution is -2.41. The minimum atomic E-state index is 0.514. The normalized spacial score (nSPS) is 17.8. The topological polar surface area (TPSA) is 31.4 Å². The van der Waals surface area contributed by atoms with Gasteiger partial charge in [0.25, 0.3) is 0 Å². The first-order valence-corrected chi connectivity index (χ1v) is 8.10. The number of nitrogens with zero attached hydrogens (tertiary/aromatic N) is 3. The molecule has 0 amide bonds. The summed E-state index contributed by atoms with van der Waals surface area (Å²) in [7, 11) is 4.44. The van der Waals surface area contributed by atoms with Gasteiger partial charge in [0.05, 0.1) is 5.69 Å². The summed E-state index contributed by atoms with van der Waals surface area (Å²) in [5.41, 5.74) is 2.43. The molecule has 2 rings (SSSR count). The van der Waals surface area contributed by atoms with E-state index in [0.29, 0.717) is 12.1 Å². The second kappa shape index (κ2) is 7.87. The molecule has 118 valence electrons. The Hall–Kier alpha value is -0.970. The molecule has 1 aliphatic heterocycles. The van der Waals surface area contributed by atoms with Crippen molar-refractivity contribution in [3.8, 4) is 0 Å². The average Bonchev–Trinajstić information content (AvgIpc) is 2.47. The summed E-state index contributed by atoms with van der Waals surface area (Å²) in [4.78, 5) is 9.49. The largest absolute Gasteiger partial charge is 0.310 e. The van der Waals surface area contributed by atoms with Crippen molar-refractivity contribution < 1.29 is 0 Å². The van der Waals surface area contributed by atoms with E-state index in [2.05, 4.69) is 60.2 Å². The maximum Gasteiger partial charge on any atom is 0.0544 e. The first kappa shape index (κ1) is 16.4. The van der Waals surface area contributed by atoms with Gasteiger partial charge >= 0.3 is 0 Å². The van der Waals surface area contributed by atoms with Crippen LogP contribution in [0.1, 0.15) is 37.9 Å². The lowest BCUT2D eigenvalue weighted by atomic mass is 10.0. The summed E-state index contributed by atoms with van der Waals surface area (Å²) in [6.07, 6.45) is 4.54. The minimum Gasteiger partial charge on any atom is -0.310 e. The Labute approximate surface area is 129 Å². The van der Waals surface area contributed by atoms with Crippen molar-refractivity contribution in [2.45, 2.75) is 51.9 Å². The third-order valence-corrected chi connectivity index (χ3v) is 4.32. The Balaban J connectivity index is 1.82. The lowest BCUT2D eigenvalue weighted by molar-refractivity contribution is 0.138. The SMILES string of the molecule is CC(C)NCc1ccc(CN(C)C2CCN(C)CC2)nc1. The third-order valence-electron chi connectivity index (χ3n) is 4.32. The molecular weight excluding hydrogens is 260 g/mol. The number of rotatable bonds is 6. The monoisotopic (exact) mass is 290 g/mol. The van der Waals surface area contributed by atoms with E-state index in [1.807, 2.05) is 6.20 Å². The molecule has 0 atom stereocenters. The number of aromatic nitrogens is 1. The maximum absolute atomic E-state index is 4.61. The quantitative estimate of drug-likeness (QED) is 0.869. The van der Waals surface area contributed by atoms with Crippen LogP contribution in [0.3, 0.4) is 0 Å². The minimum absolute atomic E-state index is 0.514. The third kappa shape index (κ3) is 5.38. The number of pyridine rings is 1. The van der Waals surface area contributed by atoms with Crippen LogP contribution >= 0.6 is 0 Å². The summed E-state index contributed by atoms with van der Waals surface area (Å²) in [6.45, 7) is 8.60. The van der Waals surface area contributed by atoms with Gasteiger partial charge in [-0.1, -0.05) is 19.9 Å². The van der Waals surface area contributed by atoms with Crippen molar-refractivity contribution in [2.24, 2.45) is 0 Å². The molecule has 1 aliphatic rings. The van der Waals surface area contributed by atoms with Crippen LogP contribution in [0.5, 0.6) is 0 Å². The molecule has 1 aromatic heterocycles. The molecule has 0 aromatic carbocycles. The Morgan fingerprint density at radius 3 is 2.62 bits per heavy atom. The van der Waals surface area contributed by atoms with Crippen LogP contribution in [0.15, 0.2) is 18.3 Å². The van der Waals surface area contributed by atoms with E-state index in [0.717, 1.165) is 13.1 Å². The second-order valence-corrected chi connectivity index (χ2v) is 6.64.